The Kier molecular flexibility index (Phi) is 2.78. The molecule has 1 aromatic carbocycles. The van der Waals surface area contributed by atoms with Crippen LogP contribution in [-0.4, -0.2) is 6.34 Å². The summed E-state index contributed by atoms with van der Waals surface area (Å²) in [5.74, 6) is 4.81. The zero-order valence-corrected chi connectivity index (χ0v) is 6.38. The van der Waals surface area contributed by atoms with E-state index < -0.39 is 0 Å². The third-order valence-corrected chi connectivity index (χ3v) is 1.18. The van der Waals surface area contributed by atoms with E-state index in [9.17, 15) is 0 Å². The monoisotopic (exact) mass is 163 g/mol. The van der Waals surface area contributed by atoms with Gasteiger partial charge in [0, 0.05) is 5.69 Å². The molecule has 0 saturated heterocycles. The molecule has 0 fully saturated rings. The highest BCUT2D eigenvalue weighted by atomic mass is 15.2. The van der Waals surface area contributed by atoms with Crippen LogP contribution in [0.5, 0.6) is 0 Å². The number of rotatable bonds is 2. The van der Waals surface area contributed by atoms with Gasteiger partial charge in [0.15, 0.2) is 6.34 Å². The second-order valence-electron chi connectivity index (χ2n) is 2.07. The Balaban J connectivity index is 2.70. The number of hydrogen-bond donors (Lipinski definition) is 2. The Hall–Kier alpha value is -1.91. The van der Waals surface area contributed by atoms with E-state index in [1.165, 1.54) is 0 Å². The lowest BCUT2D eigenvalue weighted by atomic mass is 10.3. The van der Waals surface area contributed by atoms with Crippen LogP contribution in [0.3, 0.4) is 0 Å². The number of hydrazone groups is 1. The summed E-state index contributed by atoms with van der Waals surface area (Å²) >= 11 is 0. The molecule has 5 heteroatoms. The van der Waals surface area contributed by atoms with Gasteiger partial charge in [0.1, 0.15) is 0 Å². The first-order valence-electron chi connectivity index (χ1n) is 3.31. The average molecular weight is 163 g/mol. The normalized spacial score (nSPS) is 11.3. The zero-order chi connectivity index (χ0) is 8.81. The smallest absolute Gasteiger partial charge is 0.157 e. The van der Waals surface area contributed by atoms with Crippen LogP contribution in [0.25, 0.3) is 0 Å². The summed E-state index contributed by atoms with van der Waals surface area (Å²) in [5.41, 5.74) is 6.87. The van der Waals surface area contributed by atoms with E-state index in [0.29, 0.717) is 11.4 Å². The Labute approximate surface area is 69.8 Å². The van der Waals surface area contributed by atoms with E-state index in [1.807, 2.05) is 0 Å². The number of nitrogen functional groups attached to an aromatic ring is 1. The quantitative estimate of drug-likeness (QED) is 0.171. The average Bonchev–Trinajstić information content (AvgIpc) is 2.09. The van der Waals surface area contributed by atoms with Gasteiger partial charge in [0.25, 0.3) is 0 Å². The van der Waals surface area contributed by atoms with E-state index in [0.717, 1.165) is 6.34 Å². The molecule has 1 aromatic rings. The first-order chi connectivity index (χ1) is 5.83. The van der Waals surface area contributed by atoms with Crippen LogP contribution in [0.1, 0.15) is 0 Å². The molecule has 0 amide bonds. The number of nitrogens with two attached hydrogens (primary N) is 2. The number of azo groups is 1. The van der Waals surface area contributed by atoms with Gasteiger partial charge in [-0.1, -0.05) is 0 Å². The molecule has 0 aliphatic heterocycles. The van der Waals surface area contributed by atoms with Crippen molar-refractivity contribution < 1.29 is 0 Å². The largest absolute Gasteiger partial charge is 0.399 e. The highest BCUT2D eigenvalue weighted by molar-refractivity contribution is 5.55. The lowest BCUT2D eigenvalue weighted by molar-refractivity contribution is 1.21. The molecule has 0 aliphatic carbocycles. The van der Waals surface area contributed by atoms with Crippen LogP contribution in [0.2, 0.25) is 0 Å². The zero-order valence-electron chi connectivity index (χ0n) is 6.38. The number of hydrogen-bond acceptors (Lipinski definition) is 4. The van der Waals surface area contributed by atoms with Crippen molar-refractivity contribution in [2.75, 3.05) is 5.73 Å². The topological polar surface area (TPSA) is 89.1 Å². The van der Waals surface area contributed by atoms with Crippen LogP contribution in [0.4, 0.5) is 11.4 Å². The van der Waals surface area contributed by atoms with E-state index in [1.54, 1.807) is 24.3 Å². The van der Waals surface area contributed by atoms with Gasteiger partial charge < -0.3 is 11.6 Å². The molecular formula is C7H9N5. The predicted molar refractivity (Wildman–Crippen MR) is 48.0 cm³/mol. The first kappa shape index (κ1) is 8.19. The molecule has 0 heterocycles. The number of nitrogens with zero attached hydrogens (tertiary/aromatic N) is 3. The summed E-state index contributed by atoms with van der Waals surface area (Å²) in [7, 11) is 0. The van der Waals surface area contributed by atoms with Crippen LogP contribution < -0.4 is 11.6 Å². The maximum Gasteiger partial charge on any atom is 0.157 e. The number of benzene rings is 1. The minimum Gasteiger partial charge on any atom is -0.399 e. The van der Waals surface area contributed by atoms with Crippen LogP contribution in [0, 0.1) is 0 Å². The standard InChI is InChI=1S/C7H9N5/c8-6-1-3-7(4-2-6)12-11-5-10-9/h1-5H,8-9H2/b10-5+,12-11?. The van der Waals surface area contributed by atoms with Crippen molar-refractivity contribution in [3.63, 3.8) is 0 Å². The molecule has 0 spiro atoms. The van der Waals surface area contributed by atoms with Gasteiger partial charge in [0.2, 0.25) is 0 Å². The minimum atomic E-state index is 0.696. The molecule has 1 rings (SSSR count). The van der Waals surface area contributed by atoms with Crippen LogP contribution >= 0.6 is 0 Å². The van der Waals surface area contributed by atoms with Gasteiger partial charge in [-0.2, -0.15) is 5.10 Å². The molecular weight excluding hydrogens is 154 g/mol. The summed E-state index contributed by atoms with van der Waals surface area (Å²) < 4.78 is 0. The van der Waals surface area contributed by atoms with Crippen molar-refractivity contribution in [2.45, 2.75) is 0 Å². The van der Waals surface area contributed by atoms with Gasteiger partial charge >= 0.3 is 0 Å². The predicted octanol–water partition coefficient (Wildman–Crippen LogP) is 1.25. The van der Waals surface area contributed by atoms with E-state index in [-0.39, 0.29) is 0 Å². The Morgan fingerprint density at radius 3 is 2.42 bits per heavy atom. The first-order valence-corrected chi connectivity index (χ1v) is 3.31. The molecule has 12 heavy (non-hydrogen) atoms. The summed E-state index contributed by atoms with van der Waals surface area (Å²) in [6, 6.07) is 6.99. The highest BCUT2D eigenvalue weighted by Gasteiger charge is 1.86. The summed E-state index contributed by atoms with van der Waals surface area (Å²) in [6.45, 7) is 0. The third-order valence-electron chi connectivity index (χ3n) is 1.18. The molecule has 5 nitrogen and oxygen atoms in total. The third kappa shape index (κ3) is 2.37. The molecule has 0 atom stereocenters. The van der Waals surface area contributed by atoms with Gasteiger partial charge in [-0.15, -0.1) is 10.2 Å². The molecule has 0 aromatic heterocycles. The van der Waals surface area contributed by atoms with Crippen molar-refractivity contribution in [3.8, 4) is 0 Å². The Morgan fingerprint density at radius 2 is 1.83 bits per heavy atom. The van der Waals surface area contributed by atoms with Gasteiger partial charge in [0.05, 0.1) is 5.69 Å². The molecule has 0 unspecified atom stereocenters. The maximum atomic E-state index is 5.46. The van der Waals surface area contributed by atoms with Crippen molar-refractivity contribution in [1.29, 1.82) is 0 Å². The summed E-state index contributed by atoms with van der Waals surface area (Å²) in [4.78, 5) is 0. The van der Waals surface area contributed by atoms with Crippen molar-refractivity contribution in [1.82, 2.24) is 0 Å². The van der Waals surface area contributed by atoms with Gasteiger partial charge in [-0.25, -0.2) is 0 Å². The van der Waals surface area contributed by atoms with E-state index >= 15 is 0 Å². The lowest BCUT2D eigenvalue weighted by Crippen LogP contribution is -1.81. The molecule has 62 valence electrons. The molecule has 0 bridgehead atoms. The van der Waals surface area contributed by atoms with Crippen LogP contribution in [0.15, 0.2) is 39.6 Å². The fourth-order valence-electron chi connectivity index (χ4n) is 0.663. The fourth-order valence-corrected chi connectivity index (χ4v) is 0.663. The Bertz CT molecular complexity index is 287. The van der Waals surface area contributed by atoms with E-state index in [4.69, 9.17) is 11.6 Å². The molecule has 0 radical (unpaired) electrons. The second kappa shape index (κ2) is 4.07. The molecule has 0 aliphatic rings. The van der Waals surface area contributed by atoms with Crippen LogP contribution in [-0.2, 0) is 0 Å². The van der Waals surface area contributed by atoms with Crippen molar-refractivity contribution >= 4 is 17.7 Å². The van der Waals surface area contributed by atoms with Gasteiger partial charge in [-0.3, -0.25) is 0 Å². The fraction of sp³-hybridized carbons (Fsp3) is 0. The maximum absolute atomic E-state index is 5.46. The van der Waals surface area contributed by atoms with E-state index in [2.05, 4.69) is 15.3 Å². The molecule has 4 N–H and O–H groups in total. The Morgan fingerprint density at radius 1 is 1.17 bits per heavy atom. The van der Waals surface area contributed by atoms with Gasteiger partial charge in [-0.05, 0) is 24.3 Å². The minimum absolute atomic E-state index is 0.696. The van der Waals surface area contributed by atoms with Crippen molar-refractivity contribution in [2.24, 2.45) is 21.2 Å². The number of anilines is 1. The summed E-state index contributed by atoms with van der Waals surface area (Å²) in [6.07, 6.45) is 1.16. The highest BCUT2D eigenvalue weighted by Crippen LogP contribution is 2.13. The van der Waals surface area contributed by atoms with Crippen molar-refractivity contribution in [3.05, 3.63) is 24.3 Å². The SMILES string of the molecule is N/N=C/N=Nc1ccc(N)cc1. The second-order valence-corrected chi connectivity index (χ2v) is 2.07. The molecule has 0 saturated carbocycles. The lowest BCUT2D eigenvalue weighted by Gasteiger charge is -1.91. The summed E-state index contributed by atoms with van der Waals surface area (Å²) in [5, 5.41) is 10.5.